The van der Waals surface area contributed by atoms with Crippen molar-refractivity contribution in [3.63, 3.8) is 0 Å². The molecule has 1 aliphatic carbocycles. The van der Waals surface area contributed by atoms with Crippen molar-refractivity contribution in [2.75, 3.05) is 24.7 Å². The minimum absolute atomic E-state index is 0.413. The molecule has 3 N–H and O–H groups in total. The summed E-state index contributed by atoms with van der Waals surface area (Å²) in [6.45, 7) is 3.30. The molecule has 4 heteroatoms. The Bertz CT molecular complexity index is 386. The number of anilines is 2. The first-order chi connectivity index (χ1) is 8.13. The smallest absolute Gasteiger partial charge is 0.238 e. The Hall–Kier alpha value is -1.45. The van der Waals surface area contributed by atoms with Gasteiger partial charge in [0.05, 0.1) is 12.8 Å². The molecule has 0 spiro atoms. The van der Waals surface area contributed by atoms with Gasteiger partial charge >= 0.3 is 0 Å². The maximum absolute atomic E-state index is 5.73. The molecular formula is C13H21N3O. The number of ether oxygens (including phenoxy) is 1. The van der Waals surface area contributed by atoms with Gasteiger partial charge in [0.2, 0.25) is 5.88 Å². The summed E-state index contributed by atoms with van der Waals surface area (Å²) in [6.07, 6.45) is 5.28. The van der Waals surface area contributed by atoms with Crippen LogP contribution in [0, 0.1) is 5.41 Å². The Morgan fingerprint density at radius 1 is 1.41 bits per heavy atom. The maximum atomic E-state index is 5.73. The number of methoxy groups -OCH3 is 1. The van der Waals surface area contributed by atoms with E-state index in [0.29, 0.717) is 17.0 Å². The molecule has 0 amide bonds. The molecule has 0 atom stereocenters. The largest absolute Gasteiger partial charge is 0.479 e. The zero-order chi connectivity index (χ0) is 12.3. The second kappa shape index (κ2) is 4.82. The predicted molar refractivity (Wildman–Crippen MR) is 70.3 cm³/mol. The molecule has 1 heterocycles. The van der Waals surface area contributed by atoms with Gasteiger partial charge < -0.3 is 15.8 Å². The number of nitrogens with zero attached hydrogens (tertiary/aromatic N) is 1. The van der Waals surface area contributed by atoms with Crippen LogP contribution in [0.3, 0.4) is 0 Å². The molecule has 0 bridgehead atoms. The van der Waals surface area contributed by atoms with Gasteiger partial charge in [-0.25, -0.2) is 0 Å². The lowest BCUT2D eigenvalue weighted by molar-refractivity contribution is 0.361. The van der Waals surface area contributed by atoms with Gasteiger partial charge in [-0.15, -0.1) is 0 Å². The quantitative estimate of drug-likeness (QED) is 0.842. The summed E-state index contributed by atoms with van der Waals surface area (Å²) in [6, 6.07) is 3.72. The van der Waals surface area contributed by atoms with E-state index in [2.05, 4.69) is 17.2 Å². The highest BCUT2D eigenvalue weighted by atomic mass is 16.5. The SMILES string of the molecule is COc1nc(NCC2(C)CCCC2)ccc1N. The van der Waals surface area contributed by atoms with E-state index < -0.39 is 0 Å². The number of nitrogens with two attached hydrogens (primary N) is 1. The van der Waals surface area contributed by atoms with Crippen LogP contribution >= 0.6 is 0 Å². The van der Waals surface area contributed by atoms with Gasteiger partial charge in [-0.3, -0.25) is 0 Å². The van der Waals surface area contributed by atoms with E-state index in [0.717, 1.165) is 12.4 Å². The molecule has 2 rings (SSSR count). The monoisotopic (exact) mass is 235 g/mol. The van der Waals surface area contributed by atoms with Gasteiger partial charge in [0, 0.05) is 6.54 Å². The molecule has 0 saturated heterocycles. The Labute approximate surface area is 103 Å². The summed E-state index contributed by atoms with van der Waals surface area (Å²) in [5, 5.41) is 3.38. The minimum Gasteiger partial charge on any atom is -0.479 e. The van der Waals surface area contributed by atoms with Gasteiger partial charge in [-0.1, -0.05) is 19.8 Å². The van der Waals surface area contributed by atoms with Crippen LogP contribution in [0.1, 0.15) is 32.6 Å². The standard InChI is InChI=1S/C13H21N3O/c1-13(7-3-4-8-13)9-15-11-6-5-10(14)12(16-11)17-2/h5-6H,3-4,7-9,14H2,1-2H3,(H,15,16). The molecule has 1 aromatic heterocycles. The lowest BCUT2D eigenvalue weighted by atomic mass is 9.89. The van der Waals surface area contributed by atoms with Crippen LogP contribution in [0.2, 0.25) is 0 Å². The Morgan fingerprint density at radius 3 is 2.76 bits per heavy atom. The molecule has 1 aromatic rings. The molecular weight excluding hydrogens is 214 g/mol. The van der Waals surface area contributed by atoms with Crippen LogP contribution in [0.5, 0.6) is 5.88 Å². The Balaban J connectivity index is 1.99. The minimum atomic E-state index is 0.413. The van der Waals surface area contributed by atoms with E-state index in [4.69, 9.17) is 10.5 Å². The summed E-state index contributed by atoms with van der Waals surface area (Å²) in [5.74, 6) is 1.33. The molecule has 0 unspecified atom stereocenters. The fraction of sp³-hybridized carbons (Fsp3) is 0.615. The van der Waals surface area contributed by atoms with Crippen molar-refractivity contribution in [1.82, 2.24) is 4.98 Å². The van der Waals surface area contributed by atoms with Gasteiger partial charge in [-0.2, -0.15) is 4.98 Å². The van der Waals surface area contributed by atoms with Crippen molar-refractivity contribution in [1.29, 1.82) is 0 Å². The van der Waals surface area contributed by atoms with Gasteiger partial charge in [0.15, 0.2) is 0 Å². The van der Waals surface area contributed by atoms with E-state index >= 15 is 0 Å². The van der Waals surface area contributed by atoms with Crippen molar-refractivity contribution in [3.8, 4) is 5.88 Å². The van der Waals surface area contributed by atoms with Crippen LogP contribution in [0.4, 0.5) is 11.5 Å². The molecule has 1 aliphatic rings. The lowest BCUT2D eigenvalue weighted by Gasteiger charge is -2.24. The zero-order valence-corrected chi connectivity index (χ0v) is 10.6. The first-order valence-electron chi connectivity index (χ1n) is 6.17. The molecule has 0 radical (unpaired) electrons. The first-order valence-corrected chi connectivity index (χ1v) is 6.17. The fourth-order valence-electron chi connectivity index (χ4n) is 2.42. The molecule has 0 aliphatic heterocycles. The Kier molecular flexibility index (Phi) is 3.41. The summed E-state index contributed by atoms with van der Waals surface area (Å²) in [7, 11) is 1.58. The molecule has 1 saturated carbocycles. The third-order valence-electron chi connectivity index (χ3n) is 3.59. The number of nitrogens with one attached hydrogen (secondary N) is 1. The van der Waals surface area contributed by atoms with E-state index in [9.17, 15) is 0 Å². The summed E-state index contributed by atoms with van der Waals surface area (Å²) >= 11 is 0. The average Bonchev–Trinajstić information content (AvgIpc) is 2.76. The molecule has 4 nitrogen and oxygen atoms in total. The van der Waals surface area contributed by atoms with Crippen LogP contribution < -0.4 is 15.8 Å². The predicted octanol–water partition coefficient (Wildman–Crippen LogP) is 2.66. The highest BCUT2D eigenvalue weighted by molar-refractivity contribution is 5.53. The fourth-order valence-corrected chi connectivity index (χ4v) is 2.42. The number of nitrogen functional groups attached to an aromatic ring is 1. The van der Waals surface area contributed by atoms with Gasteiger partial charge in [0.25, 0.3) is 0 Å². The molecule has 0 aromatic carbocycles. The molecule has 1 fully saturated rings. The van der Waals surface area contributed by atoms with Gasteiger partial charge in [0.1, 0.15) is 5.82 Å². The molecule has 17 heavy (non-hydrogen) atoms. The van der Waals surface area contributed by atoms with E-state index in [1.807, 2.05) is 12.1 Å². The normalized spacial score (nSPS) is 18.0. The number of hydrogen-bond donors (Lipinski definition) is 2. The second-order valence-electron chi connectivity index (χ2n) is 5.17. The third kappa shape index (κ3) is 2.81. The molecule has 94 valence electrons. The topological polar surface area (TPSA) is 60.2 Å². The second-order valence-corrected chi connectivity index (χ2v) is 5.17. The first kappa shape index (κ1) is 12.0. The Morgan fingerprint density at radius 2 is 2.12 bits per heavy atom. The van der Waals surface area contributed by atoms with Crippen LogP contribution in [-0.4, -0.2) is 18.6 Å². The number of hydrogen-bond acceptors (Lipinski definition) is 4. The van der Waals surface area contributed by atoms with E-state index in [-0.39, 0.29) is 0 Å². The average molecular weight is 235 g/mol. The van der Waals surface area contributed by atoms with Crippen molar-refractivity contribution >= 4 is 11.5 Å². The zero-order valence-electron chi connectivity index (χ0n) is 10.6. The van der Waals surface area contributed by atoms with Crippen molar-refractivity contribution in [3.05, 3.63) is 12.1 Å². The van der Waals surface area contributed by atoms with Crippen molar-refractivity contribution in [2.24, 2.45) is 5.41 Å². The number of pyridine rings is 1. The van der Waals surface area contributed by atoms with Crippen LogP contribution in [-0.2, 0) is 0 Å². The van der Waals surface area contributed by atoms with E-state index in [1.54, 1.807) is 7.11 Å². The maximum Gasteiger partial charge on any atom is 0.238 e. The number of rotatable bonds is 4. The van der Waals surface area contributed by atoms with Gasteiger partial charge in [-0.05, 0) is 30.4 Å². The summed E-state index contributed by atoms with van der Waals surface area (Å²) < 4.78 is 5.11. The highest BCUT2D eigenvalue weighted by Gasteiger charge is 2.28. The van der Waals surface area contributed by atoms with Crippen LogP contribution in [0.25, 0.3) is 0 Å². The van der Waals surface area contributed by atoms with Crippen LogP contribution in [0.15, 0.2) is 12.1 Å². The lowest BCUT2D eigenvalue weighted by Crippen LogP contribution is -2.23. The number of aromatic nitrogens is 1. The van der Waals surface area contributed by atoms with Crippen molar-refractivity contribution in [2.45, 2.75) is 32.6 Å². The third-order valence-corrected chi connectivity index (χ3v) is 3.59. The summed E-state index contributed by atoms with van der Waals surface area (Å²) in [4.78, 5) is 4.32. The summed E-state index contributed by atoms with van der Waals surface area (Å²) in [5.41, 5.74) is 6.72. The highest BCUT2D eigenvalue weighted by Crippen LogP contribution is 2.37. The van der Waals surface area contributed by atoms with Crippen molar-refractivity contribution < 1.29 is 4.74 Å². The van der Waals surface area contributed by atoms with E-state index in [1.165, 1.54) is 25.7 Å².